The van der Waals surface area contributed by atoms with Crippen molar-refractivity contribution in [2.24, 2.45) is 7.05 Å². The second kappa shape index (κ2) is 3.96. The monoisotopic (exact) mass is 260 g/mol. The molecule has 0 N–H and O–H groups in total. The molecule has 2 heterocycles. The van der Waals surface area contributed by atoms with Crippen molar-refractivity contribution in [3.05, 3.63) is 52.0 Å². The van der Waals surface area contributed by atoms with Crippen LogP contribution in [0, 0.1) is 0 Å². The molecule has 0 amide bonds. The van der Waals surface area contributed by atoms with Gasteiger partial charge in [-0.3, -0.25) is 9.48 Å². The third-order valence-corrected chi connectivity index (χ3v) is 3.02. The fraction of sp³-hybridized carbons (Fsp3) is 0.0833. The molecular weight excluding hydrogens is 252 g/mol. The van der Waals surface area contributed by atoms with Gasteiger partial charge in [-0.25, -0.2) is 0 Å². The zero-order valence-electron chi connectivity index (χ0n) is 9.54. The second-order valence-electron chi connectivity index (χ2n) is 3.91. The Balaban J connectivity index is 2.34. The molecule has 0 saturated heterocycles. The Morgan fingerprint density at radius 3 is 2.78 bits per heavy atom. The number of fused-ring (bicyclic) bond motifs is 1. The van der Waals surface area contributed by atoms with Gasteiger partial charge in [0.05, 0.1) is 16.6 Å². The topological polar surface area (TPSA) is 52.7 Å². The minimum atomic E-state index is -0.228. The van der Waals surface area contributed by atoms with Gasteiger partial charge in [-0.2, -0.15) is 14.9 Å². The van der Waals surface area contributed by atoms with Crippen LogP contribution in [-0.2, 0) is 7.05 Å². The molecule has 1 aromatic carbocycles. The van der Waals surface area contributed by atoms with E-state index in [2.05, 4.69) is 10.2 Å². The summed E-state index contributed by atoms with van der Waals surface area (Å²) in [6.45, 7) is 0. The summed E-state index contributed by atoms with van der Waals surface area (Å²) in [7, 11) is 1.78. The molecule has 0 aliphatic heterocycles. The van der Waals surface area contributed by atoms with E-state index in [9.17, 15) is 4.79 Å². The Bertz CT molecular complexity index is 790. The lowest BCUT2D eigenvalue weighted by atomic mass is 10.2. The van der Waals surface area contributed by atoms with E-state index >= 15 is 0 Å². The first kappa shape index (κ1) is 11.0. The van der Waals surface area contributed by atoms with E-state index in [1.54, 1.807) is 48.4 Å². The molecule has 0 aliphatic rings. The van der Waals surface area contributed by atoms with Gasteiger partial charge in [0.25, 0.3) is 5.56 Å². The van der Waals surface area contributed by atoms with Crippen LogP contribution in [0.4, 0.5) is 0 Å². The summed E-state index contributed by atoms with van der Waals surface area (Å²) in [5.74, 6) is 0.490. The van der Waals surface area contributed by atoms with Gasteiger partial charge in [0, 0.05) is 24.7 Å². The number of nitrogens with zero attached hydrogens (tertiary/aromatic N) is 4. The Morgan fingerprint density at radius 2 is 2.06 bits per heavy atom. The summed E-state index contributed by atoms with van der Waals surface area (Å²) in [5, 5.41) is 9.95. The molecule has 0 saturated carbocycles. The number of benzene rings is 1. The number of rotatable bonds is 1. The van der Waals surface area contributed by atoms with E-state index in [1.165, 1.54) is 4.68 Å². The first-order valence-electron chi connectivity index (χ1n) is 5.33. The van der Waals surface area contributed by atoms with Crippen LogP contribution in [0.3, 0.4) is 0 Å². The van der Waals surface area contributed by atoms with Crippen molar-refractivity contribution in [1.29, 1.82) is 0 Å². The molecule has 0 radical (unpaired) electrons. The minimum Gasteiger partial charge on any atom is -0.274 e. The minimum absolute atomic E-state index is 0.228. The van der Waals surface area contributed by atoms with Crippen LogP contribution < -0.4 is 5.56 Å². The van der Waals surface area contributed by atoms with Crippen molar-refractivity contribution >= 4 is 22.4 Å². The average Bonchev–Trinajstić information content (AvgIpc) is 2.77. The highest BCUT2D eigenvalue weighted by Gasteiger charge is 2.09. The quantitative estimate of drug-likeness (QED) is 0.670. The van der Waals surface area contributed by atoms with Crippen molar-refractivity contribution in [1.82, 2.24) is 19.6 Å². The normalized spacial score (nSPS) is 11.0. The maximum Gasteiger partial charge on any atom is 0.280 e. The van der Waals surface area contributed by atoms with Crippen LogP contribution in [0.15, 0.2) is 41.5 Å². The van der Waals surface area contributed by atoms with Gasteiger partial charge >= 0.3 is 0 Å². The first-order valence-corrected chi connectivity index (χ1v) is 5.71. The lowest BCUT2D eigenvalue weighted by Gasteiger charge is -2.03. The maximum absolute atomic E-state index is 12.3. The number of halogens is 1. The van der Waals surface area contributed by atoms with Gasteiger partial charge < -0.3 is 0 Å². The molecule has 0 atom stereocenters. The highest BCUT2D eigenvalue weighted by atomic mass is 35.5. The molecule has 90 valence electrons. The van der Waals surface area contributed by atoms with E-state index in [-0.39, 0.29) is 5.56 Å². The number of aryl methyl sites for hydroxylation is 1. The molecule has 3 rings (SSSR count). The molecule has 0 fully saturated rings. The molecule has 0 bridgehead atoms. The summed E-state index contributed by atoms with van der Waals surface area (Å²) >= 11 is 6.02. The van der Waals surface area contributed by atoms with Crippen LogP contribution in [0.2, 0.25) is 5.02 Å². The molecule has 3 aromatic rings. The summed E-state index contributed by atoms with van der Waals surface area (Å²) < 4.78 is 2.88. The number of hydrogen-bond donors (Lipinski definition) is 0. The zero-order chi connectivity index (χ0) is 12.7. The molecule has 2 aromatic heterocycles. The Hall–Kier alpha value is -2.14. The lowest BCUT2D eigenvalue weighted by molar-refractivity contribution is 0.716. The Morgan fingerprint density at radius 1 is 1.22 bits per heavy atom. The van der Waals surface area contributed by atoms with E-state index in [1.807, 2.05) is 0 Å². The summed E-state index contributed by atoms with van der Waals surface area (Å²) in [4.78, 5) is 12.3. The van der Waals surface area contributed by atoms with Gasteiger partial charge in [0.15, 0.2) is 5.82 Å². The number of hydrogen-bond acceptors (Lipinski definition) is 3. The van der Waals surface area contributed by atoms with Crippen LogP contribution >= 0.6 is 11.6 Å². The maximum atomic E-state index is 12.3. The fourth-order valence-electron chi connectivity index (χ4n) is 1.82. The summed E-state index contributed by atoms with van der Waals surface area (Å²) in [6, 6.07) is 6.93. The van der Waals surface area contributed by atoms with Crippen molar-refractivity contribution in [3.63, 3.8) is 0 Å². The van der Waals surface area contributed by atoms with Crippen LogP contribution in [0.25, 0.3) is 16.6 Å². The van der Waals surface area contributed by atoms with E-state index in [0.29, 0.717) is 21.6 Å². The predicted molar refractivity (Wildman–Crippen MR) is 69.1 cm³/mol. The third kappa shape index (κ3) is 1.60. The molecule has 5 nitrogen and oxygen atoms in total. The smallest absolute Gasteiger partial charge is 0.274 e. The second-order valence-corrected chi connectivity index (χ2v) is 4.32. The average molecular weight is 261 g/mol. The Labute approximate surface area is 107 Å². The van der Waals surface area contributed by atoms with Gasteiger partial charge in [0.1, 0.15) is 0 Å². The van der Waals surface area contributed by atoms with Crippen molar-refractivity contribution in [3.8, 4) is 5.82 Å². The van der Waals surface area contributed by atoms with Gasteiger partial charge in [-0.05, 0) is 12.1 Å². The molecule has 0 aliphatic carbocycles. The highest BCUT2D eigenvalue weighted by Crippen LogP contribution is 2.19. The summed E-state index contributed by atoms with van der Waals surface area (Å²) in [5.41, 5.74) is -0.228. The molecule has 18 heavy (non-hydrogen) atoms. The van der Waals surface area contributed by atoms with Gasteiger partial charge in [0.2, 0.25) is 0 Å². The van der Waals surface area contributed by atoms with E-state index < -0.39 is 0 Å². The largest absolute Gasteiger partial charge is 0.280 e. The van der Waals surface area contributed by atoms with Crippen molar-refractivity contribution in [2.75, 3.05) is 0 Å². The number of aromatic nitrogens is 4. The first-order chi connectivity index (χ1) is 8.66. The van der Waals surface area contributed by atoms with Crippen molar-refractivity contribution < 1.29 is 0 Å². The molecule has 0 spiro atoms. The van der Waals surface area contributed by atoms with Crippen LogP contribution in [-0.4, -0.2) is 19.6 Å². The predicted octanol–water partition coefficient (Wildman–Crippen LogP) is 1.77. The zero-order valence-corrected chi connectivity index (χ0v) is 10.3. The van der Waals surface area contributed by atoms with Crippen LogP contribution in [0.5, 0.6) is 0 Å². The van der Waals surface area contributed by atoms with Gasteiger partial charge in [-0.15, -0.1) is 0 Å². The van der Waals surface area contributed by atoms with Gasteiger partial charge in [-0.1, -0.05) is 17.7 Å². The lowest BCUT2D eigenvalue weighted by Crippen LogP contribution is -2.21. The third-order valence-electron chi connectivity index (χ3n) is 2.69. The van der Waals surface area contributed by atoms with Crippen LogP contribution in [0.1, 0.15) is 0 Å². The van der Waals surface area contributed by atoms with Crippen molar-refractivity contribution in [2.45, 2.75) is 0 Å². The highest BCUT2D eigenvalue weighted by molar-refractivity contribution is 6.35. The van der Waals surface area contributed by atoms with E-state index in [0.717, 1.165) is 0 Å². The molecular formula is C12H9ClN4O. The molecule has 6 heteroatoms. The molecule has 0 unspecified atom stereocenters. The standard InChI is InChI=1S/C12H9ClN4O/c1-16-6-5-11(15-16)17-12(18)8-3-2-4-10(13)9(8)7-14-17/h2-7H,1H3. The Kier molecular flexibility index (Phi) is 2.41. The summed E-state index contributed by atoms with van der Waals surface area (Å²) in [6.07, 6.45) is 3.33. The fourth-order valence-corrected chi connectivity index (χ4v) is 2.04. The van der Waals surface area contributed by atoms with E-state index in [4.69, 9.17) is 11.6 Å². The SMILES string of the molecule is Cn1ccc(-n2ncc3c(Cl)cccc3c2=O)n1.